The second-order valence-electron chi connectivity index (χ2n) is 1.57. The van der Waals surface area contributed by atoms with Gasteiger partial charge in [-0.1, -0.05) is 0 Å². The van der Waals surface area contributed by atoms with Gasteiger partial charge in [0.25, 0.3) is 0 Å². The molecule has 0 unspecified atom stereocenters. The number of hydrogen-bond donors (Lipinski definition) is 2. The molecule has 0 aromatic rings. The Balaban J connectivity index is 2.91. The van der Waals surface area contributed by atoms with E-state index in [1.54, 1.807) is 0 Å². The third-order valence-corrected chi connectivity index (χ3v) is 0.795. The highest BCUT2D eigenvalue weighted by Crippen LogP contribution is 1.83. The van der Waals surface area contributed by atoms with Crippen LogP contribution in [0, 0.1) is 0 Å². The van der Waals surface area contributed by atoms with Gasteiger partial charge in [-0.3, -0.25) is 9.59 Å². The van der Waals surface area contributed by atoms with Gasteiger partial charge in [-0.2, -0.15) is 0 Å². The molecule has 52 valence electrons. The summed E-state index contributed by atoms with van der Waals surface area (Å²) in [4.78, 5) is 19.4. The second kappa shape index (κ2) is 5.08. The lowest BCUT2D eigenvalue weighted by Gasteiger charge is -1.92. The number of carboxylic acids is 1. The Bertz CT molecular complexity index is 102. The molecule has 0 atom stereocenters. The highest BCUT2D eigenvalue weighted by atomic mass is 16.4. The van der Waals surface area contributed by atoms with Crippen molar-refractivity contribution in [1.82, 2.24) is 5.32 Å². The van der Waals surface area contributed by atoms with Gasteiger partial charge in [0.05, 0.1) is 0 Å². The fraction of sp³-hybridized carbons (Fsp3) is 0.600. The maximum Gasteiger partial charge on any atom is 0.303 e. The molecule has 9 heavy (non-hydrogen) atoms. The van der Waals surface area contributed by atoms with Crippen molar-refractivity contribution in [3.8, 4) is 0 Å². The zero-order valence-corrected chi connectivity index (χ0v) is 4.96. The Morgan fingerprint density at radius 3 is 2.78 bits per heavy atom. The lowest BCUT2D eigenvalue weighted by atomic mass is 10.3. The number of rotatable bonds is 5. The fourth-order valence-corrected chi connectivity index (χ4v) is 0.401. The van der Waals surface area contributed by atoms with E-state index in [1.807, 2.05) is 0 Å². The van der Waals surface area contributed by atoms with Gasteiger partial charge >= 0.3 is 5.97 Å². The maximum absolute atomic E-state index is 9.85. The lowest BCUT2D eigenvalue weighted by molar-refractivity contribution is -0.137. The van der Waals surface area contributed by atoms with Gasteiger partial charge in [-0.05, 0) is 6.42 Å². The van der Waals surface area contributed by atoms with E-state index >= 15 is 0 Å². The van der Waals surface area contributed by atoms with Crippen molar-refractivity contribution >= 4 is 12.4 Å². The molecule has 0 aromatic heterocycles. The molecule has 0 saturated carbocycles. The number of amides is 1. The molecule has 0 rings (SSSR count). The van der Waals surface area contributed by atoms with Crippen molar-refractivity contribution in [2.45, 2.75) is 12.8 Å². The monoisotopic (exact) mass is 131 g/mol. The quantitative estimate of drug-likeness (QED) is 0.394. The van der Waals surface area contributed by atoms with Gasteiger partial charge in [0.15, 0.2) is 0 Å². The first-order valence-electron chi connectivity index (χ1n) is 2.66. The average molecular weight is 131 g/mol. The summed E-state index contributed by atoms with van der Waals surface area (Å²) >= 11 is 0. The molecule has 0 aliphatic heterocycles. The van der Waals surface area contributed by atoms with E-state index in [0.29, 0.717) is 19.4 Å². The summed E-state index contributed by atoms with van der Waals surface area (Å²) in [7, 11) is 0. The van der Waals surface area contributed by atoms with Crippen molar-refractivity contribution < 1.29 is 14.7 Å². The second-order valence-corrected chi connectivity index (χ2v) is 1.57. The number of hydrogen-bond acceptors (Lipinski definition) is 2. The Hall–Kier alpha value is -1.06. The standard InChI is InChI=1S/C5H9NO3/c7-4-6-3-1-2-5(8)9/h4H,1-3H2,(H,6,7)(H,8,9). The normalized spacial score (nSPS) is 8.44. The van der Waals surface area contributed by atoms with Crippen LogP contribution in [0.4, 0.5) is 0 Å². The molecular formula is C5H9NO3. The predicted octanol–water partition coefficient (Wildman–Crippen LogP) is -0.403. The van der Waals surface area contributed by atoms with Crippen molar-refractivity contribution in [3.63, 3.8) is 0 Å². The van der Waals surface area contributed by atoms with E-state index in [2.05, 4.69) is 5.32 Å². The molecule has 0 aliphatic rings. The molecule has 0 saturated heterocycles. The summed E-state index contributed by atoms with van der Waals surface area (Å²) in [6, 6.07) is 0. The molecule has 4 nitrogen and oxygen atoms in total. The first-order chi connectivity index (χ1) is 4.27. The summed E-state index contributed by atoms with van der Waals surface area (Å²) in [5.41, 5.74) is 0. The Morgan fingerprint density at radius 1 is 1.67 bits per heavy atom. The van der Waals surface area contributed by atoms with Gasteiger partial charge in [0.1, 0.15) is 0 Å². The van der Waals surface area contributed by atoms with Crippen LogP contribution in [0.25, 0.3) is 0 Å². The number of carbonyl (C=O) groups excluding carboxylic acids is 1. The van der Waals surface area contributed by atoms with E-state index < -0.39 is 5.97 Å². The highest BCUT2D eigenvalue weighted by molar-refractivity contribution is 5.66. The minimum Gasteiger partial charge on any atom is -0.481 e. The molecule has 1 amide bonds. The highest BCUT2D eigenvalue weighted by Gasteiger charge is 1.93. The summed E-state index contributed by atoms with van der Waals surface area (Å²) in [6.45, 7) is 0.440. The molecule has 0 radical (unpaired) electrons. The van der Waals surface area contributed by atoms with Crippen LogP contribution >= 0.6 is 0 Å². The zero-order valence-electron chi connectivity index (χ0n) is 4.96. The van der Waals surface area contributed by atoms with Crippen LogP contribution in [-0.2, 0) is 9.59 Å². The van der Waals surface area contributed by atoms with Crippen molar-refractivity contribution in [2.75, 3.05) is 6.54 Å². The molecule has 0 heterocycles. The van der Waals surface area contributed by atoms with Crippen LogP contribution in [0.15, 0.2) is 0 Å². The van der Waals surface area contributed by atoms with Crippen LogP contribution < -0.4 is 5.32 Å². The van der Waals surface area contributed by atoms with E-state index in [1.165, 1.54) is 0 Å². The Labute approximate surface area is 52.9 Å². The number of carboxylic acid groups (broad SMARTS) is 1. The predicted molar refractivity (Wildman–Crippen MR) is 30.9 cm³/mol. The smallest absolute Gasteiger partial charge is 0.303 e. The van der Waals surface area contributed by atoms with Crippen molar-refractivity contribution in [3.05, 3.63) is 0 Å². The van der Waals surface area contributed by atoms with Crippen LogP contribution in [0.3, 0.4) is 0 Å². The third-order valence-electron chi connectivity index (χ3n) is 0.795. The average Bonchev–Trinajstić information content (AvgIpc) is 1.80. The minimum atomic E-state index is -0.831. The topological polar surface area (TPSA) is 66.4 Å². The van der Waals surface area contributed by atoms with Crippen LogP contribution in [0.1, 0.15) is 12.8 Å². The van der Waals surface area contributed by atoms with Crippen LogP contribution in [0.5, 0.6) is 0 Å². The maximum atomic E-state index is 9.85. The van der Waals surface area contributed by atoms with E-state index in [4.69, 9.17) is 5.11 Å². The molecule has 4 heteroatoms. The molecule has 0 spiro atoms. The van der Waals surface area contributed by atoms with Gasteiger partial charge in [0.2, 0.25) is 6.41 Å². The molecule has 2 N–H and O–H groups in total. The van der Waals surface area contributed by atoms with E-state index in [0.717, 1.165) is 0 Å². The molecule has 0 aliphatic carbocycles. The minimum absolute atomic E-state index is 0.112. The van der Waals surface area contributed by atoms with E-state index in [9.17, 15) is 9.59 Å². The Kier molecular flexibility index (Phi) is 4.49. The van der Waals surface area contributed by atoms with E-state index in [-0.39, 0.29) is 6.42 Å². The van der Waals surface area contributed by atoms with Gasteiger partial charge in [0, 0.05) is 13.0 Å². The molecule has 0 bridgehead atoms. The number of nitrogens with one attached hydrogen (secondary N) is 1. The summed E-state index contributed by atoms with van der Waals surface area (Å²) in [6.07, 6.45) is 1.16. The fourth-order valence-electron chi connectivity index (χ4n) is 0.401. The third kappa shape index (κ3) is 6.94. The SMILES string of the molecule is O=CNCCCC(=O)O. The van der Waals surface area contributed by atoms with Crippen LogP contribution in [-0.4, -0.2) is 24.0 Å². The van der Waals surface area contributed by atoms with Crippen molar-refractivity contribution in [2.24, 2.45) is 0 Å². The first-order valence-corrected chi connectivity index (χ1v) is 2.66. The molecular weight excluding hydrogens is 122 g/mol. The number of aliphatic carboxylic acids is 1. The zero-order chi connectivity index (χ0) is 7.11. The summed E-state index contributed by atoms with van der Waals surface area (Å²) in [5, 5.41) is 10.5. The van der Waals surface area contributed by atoms with Gasteiger partial charge in [-0.15, -0.1) is 0 Å². The van der Waals surface area contributed by atoms with Gasteiger partial charge < -0.3 is 10.4 Å². The van der Waals surface area contributed by atoms with Crippen molar-refractivity contribution in [1.29, 1.82) is 0 Å². The van der Waals surface area contributed by atoms with Crippen LogP contribution in [0.2, 0.25) is 0 Å². The summed E-state index contributed by atoms with van der Waals surface area (Å²) < 4.78 is 0. The summed E-state index contributed by atoms with van der Waals surface area (Å²) in [5.74, 6) is -0.831. The first kappa shape index (κ1) is 7.94. The largest absolute Gasteiger partial charge is 0.481 e. The molecule has 0 fully saturated rings. The van der Waals surface area contributed by atoms with Gasteiger partial charge in [-0.25, -0.2) is 0 Å². The molecule has 0 aromatic carbocycles. The lowest BCUT2D eigenvalue weighted by Crippen LogP contribution is -2.13. The Morgan fingerprint density at radius 2 is 2.33 bits per heavy atom. The number of carbonyl (C=O) groups is 2.